The molecule has 0 aliphatic carbocycles. The maximum atomic E-state index is 13.3. The molecule has 3 aliphatic heterocycles. The number of hydrogen-bond donors (Lipinski definition) is 1. The molecule has 3 aliphatic rings. The van der Waals surface area contributed by atoms with Crippen LogP contribution in [-0.2, 0) is 11.2 Å². The van der Waals surface area contributed by atoms with Crippen LogP contribution in [0.15, 0.2) is 48.5 Å². The summed E-state index contributed by atoms with van der Waals surface area (Å²) < 4.78 is 6.44. The number of ether oxygens (including phenoxy) is 1. The number of aliphatic hydroxyl groups excluding tert-OH is 1. The highest BCUT2D eigenvalue weighted by Gasteiger charge is 2.34. The molecule has 2 aromatic rings. The number of benzene rings is 2. The Hall–Kier alpha value is -2.90. The molecule has 39 heavy (non-hydrogen) atoms. The zero-order valence-corrected chi connectivity index (χ0v) is 23.3. The molecule has 3 heterocycles. The van der Waals surface area contributed by atoms with E-state index >= 15 is 0 Å². The number of rotatable bonds is 9. The number of aryl methyl sites for hydroxylation is 1. The van der Waals surface area contributed by atoms with Crippen molar-refractivity contribution in [3.05, 3.63) is 59.7 Å². The fourth-order valence-corrected chi connectivity index (χ4v) is 6.47. The van der Waals surface area contributed by atoms with Gasteiger partial charge in [0.15, 0.2) is 6.23 Å². The van der Waals surface area contributed by atoms with Gasteiger partial charge >= 0.3 is 0 Å². The number of likely N-dealkylation sites (tertiary alicyclic amines) is 2. The van der Waals surface area contributed by atoms with Gasteiger partial charge in [0, 0.05) is 49.4 Å². The quantitative estimate of drug-likeness (QED) is 0.491. The lowest BCUT2D eigenvalue weighted by Gasteiger charge is -2.41. The minimum absolute atomic E-state index is 0.0317. The Balaban J connectivity index is 1.19. The highest BCUT2D eigenvalue weighted by molar-refractivity contribution is 5.97. The van der Waals surface area contributed by atoms with Gasteiger partial charge in [0.05, 0.1) is 6.61 Å². The Bertz CT molecular complexity index is 1110. The first-order valence-electron chi connectivity index (χ1n) is 14.9. The first-order valence-corrected chi connectivity index (χ1v) is 14.9. The average molecular weight is 534 g/mol. The number of piperidine rings is 2. The molecule has 0 radical (unpaired) electrons. The monoisotopic (exact) mass is 533 g/mol. The van der Waals surface area contributed by atoms with Crippen molar-refractivity contribution in [1.29, 1.82) is 0 Å². The lowest BCUT2D eigenvalue weighted by atomic mass is 9.95. The zero-order valence-electron chi connectivity index (χ0n) is 23.3. The number of unbranched alkanes of at least 4 members (excludes halogenated alkanes) is 1. The highest BCUT2D eigenvalue weighted by Crippen LogP contribution is 2.33. The Morgan fingerprint density at radius 3 is 2.51 bits per heavy atom. The number of anilines is 1. The highest BCUT2D eigenvalue weighted by atomic mass is 16.5. The Morgan fingerprint density at radius 1 is 1.00 bits per heavy atom. The summed E-state index contributed by atoms with van der Waals surface area (Å²) in [6.45, 7) is 4.58. The Labute approximate surface area is 232 Å². The summed E-state index contributed by atoms with van der Waals surface area (Å²) in [4.78, 5) is 32.4. The molecule has 0 aromatic heterocycles. The number of carbonyl (C=O) groups is 2. The van der Waals surface area contributed by atoms with Gasteiger partial charge in [-0.3, -0.25) is 14.5 Å². The maximum absolute atomic E-state index is 13.3. The molecule has 0 spiro atoms. The van der Waals surface area contributed by atoms with E-state index in [-0.39, 0.29) is 36.7 Å². The summed E-state index contributed by atoms with van der Waals surface area (Å²) in [7, 11) is 0. The lowest BCUT2D eigenvalue weighted by Crippen LogP contribution is -2.50. The summed E-state index contributed by atoms with van der Waals surface area (Å²) in [6, 6.07) is 16.0. The number of para-hydroxylation sites is 1. The molecular weight excluding hydrogens is 490 g/mol. The van der Waals surface area contributed by atoms with Gasteiger partial charge in [-0.1, -0.05) is 38.0 Å². The predicted molar refractivity (Wildman–Crippen MR) is 153 cm³/mol. The number of hydrogen-bond acceptors (Lipinski definition) is 5. The van der Waals surface area contributed by atoms with Crippen LogP contribution in [0.3, 0.4) is 0 Å². The first-order chi connectivity index (χ1) is 19.1. The van der Waals surface area contributed by atoms with Gasteiger partial charge in [0.1, 0.15) is 5.75 Å². The van der Waals surface area contributed by atoms with E-state index in [0.29, 0.717) is 25.1 Å². The topological polar surface area (TPSA) is 73.3 Å². The number of nitrogens with zero attached hydrogens (tertiary/aromatic N) is 3. The molecule has 2 aromatic carbocycles. The third-order valence-electron chi connectivity index (χ3n) is 8.68. The van der Waals surface area contributed by atoms with E-state index in [1.807, 2.05) is 46.2 Å². The van der Waals surface area contributed by atoms with Crippen molar-refractivity contribution < 1.29 is 19.4 Å². The van der Waals surface area contributed by atoms with Crippen LogP contribution in [0.5, 0.6) is 5.75 Å². The molecule has 0 bridgehead atoms. The molecule has 0 saturated carbocycles. The average Bonchev–Trinajstić information content (AvgIpc) is 2.99. The van der Waals surface area contributed by atoms with Gasteiger partial charge in [-0.15, -0.1) is 0 Å². The van der Waals surface area contributed by atoms with Gasteiger partial charge in [0.2, 0.25) is 5.91 Å². The second kappa shape index (κ2) is 13.0. The van der Waals surface area contributed by atoms with E-state index in [4.69, 9.17) is 4.74 Å². The molecule has 2 amide bonds. The van der Waals surface area contributed by atoms with Crippen molar-refractivity contribution in [2.45, 2.75) is 89.4 Å². The summed E-state index contributed by atoms with van der Waals surface area (Å²) in [5, 5.41) is 9.91. The minimum atomic E-state index is -0.0643. The number of carbonyl (C=O) groups excluding carboxylic acids is 2. The van der Waals surface area contributed by atoms with Gasteiger partial charge in [0.25, 0.3) is 5.91 Å². The van der Waals surface area contributed by atoms with Crippen molar-refractivity contribution in [2.24, 2.45) is 0 Å². The van der Waals surface area contributed by atoms with Gasteiger partial charge < -0.3 is 19.6 Å². The van der Waals surface area contributed by atoms with E-state index in [1.54, 1.807) is 0 Å². The maximum Gasteiger partial charge on any atom is 0.253 e. The van der Waals surface area contributed by atoms with E-state index in [2.05, 4.69) is 24.0 Å². The van der Waals surface area contributed by atoms with Gasteiger partial charge in [-0.05, 0) is 80.8 Å². The molecule has 1 N–H and O–H groups in total. The van der Waals surface area contributed by atoms with Crippen LogP contribution in [0.1, 0.15) is 80.6 Å². The number of fused-ring (bicyclic) bond motifs is 1. The zero-order chi connectivity index (χ0) is 27.2. The molecular formula is C32H43N3O4. The third kappa shape index (κ3) is 6.30. The predicted octanol–water partition coefficient (Wildman–Crippen LogP) is 5.01. The largest absolute Gasteiger partial charge is 0.475 e. The van der Waals surface area contributed by atoms with Crippen LogP contribution in [0, 0.1) is 0 Å². The van der Waals surface area contributed by atoms with E-state index in [0.717, 1.165) is 75.8 Å². The molecule has 2 unspecified atom stereocenters. The van der Waals surface area contributed by atoms with Crippen molar-refractivity contribution in [2.75, 3.05) is 31.1 Å². The summed E-state index contributed by atoms with van der Waals surface area (Å²) in [5.74, 6) is 0.987. The normalized spacial score (nSPS) is 21.5. The fourth-order valence-electron chi connectivity index (χ4n) is 6.47. The van der Waals surface area contributed by atoms with Crippen LogP contribution in [0.25, 0.3) is 0 Å². The molecule has 5 rings (SSSR count). The van der Waals surface area contributed by atoms with E-state index < -0.39 is 0 Å². The Kier molecular flexibility index (Phi) is 9.20. The van der Waals surface area contributed by atoms with Crippen LogP contribution in [0.2, 0.25) is 0 Å². The third-order valence-corrected chi connectivity index (χ3v) is 8.68. The van der Waals surface area contributed by atoms with Crippen LogP contribution < -0.4 is 9.64 Å². The number of amides is 2. The van der Waals surface area contributed by atoms with Crippen LogP contribution >= 0.6 is 0 Å². The molecule has 2 fully saturated rings. The molecule has 210 valence electrons. The lowest BCUT2D eigenvalue weighted by molar-refractivity contribution is -0.119. The molecule has 2 atom stereocenters. The summed E-state index contributed by atoms with van der Waals surface area (Å²) in [6.07, 6.45) is 9.25. The summed E-state index contributed by atoms with van der Waals surface area (Å²) in [5.41, 5.74) is 2.94. The fraction of sp³-hybridized carbons (Fsp3) is 0.562. The van der Waals surface area contributed by atoms with Crippen molar-refractivity contribution in [1.82, 2.24) is 9.80 Å². The molecule has 7 nitrogen and oxygen atoms in total. The molecule has 7 heteroatoms. The van der Waals surface area contributed by atoms with Crippen molar-refractivity contribution in [3.8, 4) is 5.75 Å². The minimum Gasteiger partial charge on any atom is -0.475 e. The van der Waals surface area contributed by atoms with Gasteiger partial charge in [-0.2, -0.15) is 0 Å². The van der Waals surface area contributed by atoms with Crippen LogP contribution in [-0.4, -0.2) is 71.3 Å². The smallest absolute Gasteiger partial charge is 0.253 e. The first kappa shape index (κ1) is 27.7. The standard InChI is InChI=1S/C32H43N3O4/c1-2-3-11-31(34-20-7-6-9-27(34)23-36)39-28-15-12-25(13-16-28)32(38)33-21-18-26(19-22-33)35-29-10-5-4-8-24(29)14-17-30(35)37/h4-5,8,10,12-13,15-16,26-27,31,36H,2-3,6-7,9,11,14,17-23H2,1H3. The second-order valence-electron chi connectivity index (χ2n) is 11.2. The summed E-state index contributed by atoms with van der Waals surface area (Å²) >= 11 is 0. The van der Waals surface area contributed by atoms with Crippen LogP contribution in [0.4, 0.5) is 5.69 Å². The SMILES string of the molecule is CCCCC(Oc1ccc(C(=O)N2CCC(N3C(=O)CCc4ccccc43)CC2)cc1)N1CCCCC1CO. The second-order valence-corrected chi connectivity index (χ2v) is 11.2. The molecule has 2 saturated heterocycles. The van der Waals surface area contributed by atoms with Gasteiger partial charge in [-0.25, -0.2) is 0 Å². The number of aliphatic hydroxyl groups is 1. The van der Waals surface area contributed by atoms with Crippen molar-refractivity contribution in [3.63, 3.8) is 0 Å². The Morgan fingerprint density at radius 2 is 1.77 bits per heavy atom. The van der Waals surface area contributed by atoms with Crippen molar-refractivity contribution >= 4 is 17.5 Å². The van der Waals surface area contributed by atoms with E-state index in [1.165, 1.54) is 5.56 Å². The van der Waals surface area contributed by atoms with E-state index in [9.17, 15) is 14.7 Å².